The second-order valence-corrected chi connectivity index (χ2v) is 7.18. The van der Waals surface area contributed by atoms with E-state index in [1.54, 1.807) is 23.1 Å². The van der Waals surface area contributed by atoms with Crippen molar-refractivity contribution in [2.45, 2.75) is 25.7 Å². The fourth-order valence-corrected chi connectivity index (χ4v) is 3.86. The molecule has 0 spiro atoms. The number of carbonyl (C=O) groups excluding carboxylic acids is 3. The molecule has 2 heterocycles. The molecule has 0 bridgehead atoms. The zero-order valence-corrected chi connectivity index (χ0v) is 15.6. The van der Waals surface area contributed by atoms with E-state index in [1.165, 1.54) is 6.26 Å². The van der Waals surface area contributed by atoms with E-state index in [4.69, 9.17) is 4.42 Å². The summed E-state index contributed by atoms with van der Waals surface area (Å²) in [5.74, 6) is 0.411. The van der Waals surface area contributed by atoms with E-state index in [0.717, 1.165) is 25.7 Å². The van der Waals surface area contributed by atoms with Crippen molar-refractivity contribution in [2.24, 2.45) is 11.8 Å². The van der Waals surface area contributed by atoms with Crippen molar-refractivity contribution < 1.29 is 18.8 Å². The Balaban J connectivity index is 1.44. The van der Waals surface area contributed by atoms with Crippen molar-refractivity contribution in [3.05, 3.63) is 36.8 Å². The molecule has 0 unspecified atom stereocenters. The van der Waals surface area contributed by atoms with Crippen LogP contribution in [0.3, 0.4) is 0 Å². The van der Waals surface area contributed by atoms with E-state index in [-0.39, 0.29) is 29.6 Å². The SMILES string of the molecule is C=CCNC(=O)C1CCC(C(=O)N2CCN(C(=O)c3ccco3)CC2)CC1. The van der Waals surface area contributed by atoms with Gasteiger partial charge >= 0.3 is 0 Å². The third-order valence-corrected chi connectivity index (χ3v) is 5.48. The van der Waals surface area contributed by atoms with Gasteiger partial charge in [-0.3, -0.25) is 14.4 Å². The van der Waals surface area contributed by atoms with Crippen LogP contribution in [0.2, 0.25) is 0 Å². The minimum absolute atomic E-state index is 0.00300. The highest BCUT2D eigenvalue weighted by atomic mass is 16.3. The van der Waals surface area contributed by atoms with E-state index in [0.29, 0.717) is 38.5 Å². The minimum Gasteiger partial charge on any atom is -0.459 e. The number of hydrogen-bond acceptors (Lipinski definition) is 4. The summed E-state index contributed by atoms with van der Waals surface area (Å²) in [7, 11) is 0. The van der Waals surface area contributed by atoms with Crippen molar-refractivity contribution in [3.63, 3.8) is 0 Å². The standard InChI is InChI=1S/C20H27N3O4/c1-2-9-21-18(24)15-5-7-16(8-6-15)19(25)22-10-12-23(13-11-22)20(26)17-4-3-14-27-17/h2-4,14-16H,1,5-13H2,(H,21,24). The number of nitrogens with one attached hydrogen (secondary N) is 1. The monoisotopic (exact) mass is 373 g/mol. The first-order valence-corrected chi connectivity index (χ1v) is 9.60. The van der Waals surface area contributed by atoms with E-state index >= 15 is 0 Å². The Morgan fingerprint density at radius 1 is 1.07 bits per heavy atom. The summed E-state index contributed by atoms with van der Waals surface area (Å²) in [6.45, 7) is 6.22. The summed E-state index contributed by atoms with van der Waals surface area (Å²) in [6, 6.07) is 3.35. The highest BCUT2D eigenvalue weighted by Gasteiger charge is 2.34. The number of nitrogens with zero attached hydrogens (tertiary/aromatic N) is 2. The number of piperazine rings is 1. The van der Waals surface area contributed by atoms with Gasteiger partial charge in [0.1, 0.15) is 0 Å². The first-order chi connectivity index (χ1) is 13.1. The van der Waals surface area contributed by atoms with Gasteiger partial charge in [-0.05, 0) is 37.8 Å². The van der Waals surface area contributed by atoms with E-state index in [1.807, 2.05) is 4.90 Å². The summed E-state index contributed by atoms with van der Waals surface area (Å²) in [5.41, 5.74) is 0. The molecule has 3 rings (SSSR count). The van der Waals surface area contributed by atoms with Crippen molar-refractivity contribution in [3.8, 4) is 0 Å². The highest BCUT2D eigenvalue weighted by molar-refractivity contribution is 5.91. The van der Waals surface area contributed by atoms with Crippen molar-refractivity contribution in [2.75, 3.05) is 32.7 Å². The lowest BCUT2D eigenvalue weighted by Crippen LogP contribution is -2.52. The van der Waals surface area contributed by atoms with Crippen LogP contribution in [0.25, 0.3) is 0 Å². The Morgan fingerprint density at radius 2 is 1.70 bits per heavy atom. The quantitative estimate of drug-likeness (QED) is 0.796. The number of amides is 3. The fourth-order valence-electron chi connectivity index (χ4n) is 3.86. The van der Waals surface area contributed by atoms with Crippen LogP contribution in [-0.2, 0) is 9.59 Å². The highest BCUT2D eigenvalue weighted by Crippen LogP contribution is 2.30. The molecule has 1 aromatic heterocycles. The normalized spacial score (nSPS) is 23.0. The Hall–Kier alpha value is -2.57. The van der Waals surface area contributed by atoms with Crippen molar-refractivity contribution >= 4 is 17.7 Å². The maximum atomic E-state index is 12.8. The molecule has 146 valence electrons. The molecule has 2 fully saturated rings. The summed E-state index contributed by atoms with van der Waals surface area (Å²) in [4.78, 5) is 40.7. The predicted molar refractivity (Wildman–Crippen MR) is 99.8 cm³/mol. The van der Waals surface area contributed by atoms with E-state index in [9.17, 15) is 14.4 Å². The molecule has 0 atom stereocenters. The Kier molecular flexibility index (Phi) is 6.32. The maximum Gasteiger partial charge on any atom is 0.289 e. The van der Waals surface area contributed by atoms with Crippen LogP contribution in [0.4, 0.5) is 0 Å². The van der Waals surface area contributed by atoms with E-state index < -0.39 is 0 Å². The van der Waals surface area contributed by atoms with Gasteiger partial charge in [-0.2, -0.15) is 0 Å². The van der Waals surface area contributed by atoms with Gasteiger partial charge in [0.15, 0.2) is 5.76 Å². The lowest BCUT2D eigenvalue weighted by atomic mass is 9.81. The van der Waals surface area contributed by atoms with Crippen molar-refractivity contribution in [1.29, 1.82) is 0 Å². The molecule has 1 N–H and O–H groups in total. The average molecular weight is 373 g/mol. The second kappa shape index (κ2) is 8.88. The fraction of sp³-hybridized carbons (Fsp3) is 0.550. The zero-order chi connectivity index (χ0) is 19.2. The number of hydrogen-bond donors (Lipinski definition) is 1. The van der Waals surface area contributed by atoms with Gasteiger partial charge in [-0.25, -0.2) is 0 Å². The predicted octanol–water partition coefficient (Wildman–Crippen LogP) is 1.67. The molecule has 0 radical (unpaired) electrons. The zero-order valence-electron chi connectivity index (χ0n) is 15.6. The van der Waals surface area contributed by atoms with Crippen LogP contribution in [0.1, 0.15) is 36.2 Å². The molecule has 1 aromatic rings. The minimum atomic E-state index is -0.127. The number of rotatable bonds is 5. The molecule has 1 saturated heterocycles. The molecule has 1 saturated carbocycles. The first-order valence-electron chi connectivity index (χ1n) is 9.60. The first kappa shape index (κ1) is 19.2. The third kappa shape index (κ3) is 4.59. The summed E-state index contributed by atoms with van der Waals surface area (Å²) >= 11 is 0. The topological polar surface area (TPSA) is 82.9 Å². The molecule has 2 aliphatic rings. The summed E-state index contributed by atoms with van der Waals surface area (Å²) in [5, 5.41) is 2.84. The average Bonchev–Trinajstić information content (AvgIpc) is 3.26. The van der Waals surface area contributed by atoms with Gasteiger partial charge in [-0.15, -0.1) is 6.58 Å². The molecule has 1 aliphatic carbocycles. The molecular weight excluding hydrogens is 346 g/mol. The second-order valence-electron chi connectivity index (χ2n) is 7.18. The smallest absolute Gasteiger partial charge is 0.289 e. The van der Waals surface area contributed by atoms with Gasteiger partial charge in [-0.1, -0.05) is 6.08 Å². The third-order valence-electron chi connectivity index (χ3n) is 5.48. The van der Waals surface area contributed by atoms with Gasteiger partial charge in [0.05, 0.1) is 6.26 Å². The van der Waals surface area contributed by atoms with Crippen LogP contribution >= 0.6 is 0 Å². The van der Waals surface area contributed by atoms with Gasteiger partial charge < -0.3 is 19.5 Å². The molecule has 27 heavy (non-hydrogen) atoms. The van der Waals surface area contributed by atoms with Crippen LogP contribution in [-0.4, -0.2) is 60.2 Å². The van der Waals surface area contributed by atoms with Crippen LogP contribution in [0, 0.1) is 11.8 Å². The number of furan rings is 1. The van der Waals surface area contributed by atoms with Crippen molar-refractivity contribution in [1.82, 2.24) is 15.1 Å². The van der Waals surface area contributed by atoms with Gasteiger partial charge in [0, 0.05) is 44.6 Å². The lowest BCUT2D eigenvalue weighted by molar-refractivity contribution is -0.139. The van der Waals surface area contributed by atoms with Crippen LogP contribution in [0.15, 0.2) is 35.5 Å². The largest absolute Gasteiger partial charge is 0.459 e. The lowest BCUT2D eigenvalue weighted by Gasteiger charge is -2.37. The molecule has 7 heteroatoms. The van der Waals surface area contributed by atoms with Crippen LogP contribution < -0.4 is 5.32 Å². The number of carbonyl (C=O) groups is 3. The Labute approximate surface area is 159 Å². The van der Waals surface area contributed by atoms with Gasteiger partial charge in [0.25, 0.3) is 5.91 Å². The summed E-state index contributed by atoms with van der Waals surface area (Å²) in [6.07, 6.45) is 6.14. The van der Waals surface area contributed by atoms with E-state index in [2.05, 4.69) is 11.9 Å². The Bertz CT molecular complexity index is 669. The Morgan fingerprint density at radius 3 is 2.30 bits per heavy atom. The molecule has 3 amide bonds. The maximum absolute atomic E-state index is 12.8. The molecular formula is C20H27N3O4. The molecule has 7 nitrogen and oxygen atoms in total. The molecule has 1 aliphatic heterocycles. The summed E-state index contributed by atoms with van der Waals surface area (Å²) < 4.78 is 5.16. The van der Waals surface area contributed by atoms with Crippen LogP contribution in [0.5, 0.6) is 0 Å². The van der Waals surface area contributed by atoms with Gasteiger partial charge in [0.2, 0.25) is 11.8 Å². The molecule has 0 aromatic carbocycles.